The minimum atomic E-state index is -0.316. The number of hydrogen-bond acceptors (Lipinski definition) is 5. The van der Waals surface area contributed by atoms with E-state index in [-0.39, 0.29) is 11.7 Å². The largest absolute Gasteiger partial charge is 0.439 e. The zero-order valence-electron chi connectivity index (χ0n) is 12.8. The van der Waals surface area contributed by atoms with Crippen molar-refractivity contribution in [1.29, 1.82) is 0 Å². The number of halogens is 1. The number of amides is 1. The molecule has 0 spiro atoms. The SMILES string of the molecule is CC(=O)N1CCN(c2cc(Oc3ccc(F)cc3)ncn2)CC1. The molecule has 1 aliphatic heterocycles. The van der Waals surface area contributed by atoms with Gasteiger partial charge in [-0.2, -0.15) is 0 Å². The van der Waals surface area contributed by atoms with Crippen molar-refractivity contribution in [2.24, 2.45) is 0 Å². The maximum absolute atomic E-state index is 12.9. The summed E-state index contributed by atoms with van der Waals surface area (Å²) in [5.74, 6) is 1.44. The van der Waals surface area contributed by atoms with Gasteiger partial charge in [0.15, 0.2) is 0 Å². The summed E-state index contributed by atoms with van der Waals surface area (Å²) in [7, 11) is 0. The molecule has 3 rings (SSSR count). The van der Waals surface area contributed by atoms with Crippen LogP contribution >= 0.6 is 0 Å². The average Bonchev–Trinajstić information content (AvgIpc) is 2.57. The van der Waals surface area contributed by atoms with E-state index in [4.69, 9.17) is 4.74 Å². The number of anilines is 1. The van der Waals surface area contributed by atoms with E-state index in [9.17, 15) is 9.18 Å². The number of carbonyl (C=O) groups excluding carboxylic acids is 1. The second-order valence-electron chi connectivity index (χ2n) is 5.26. The molecule has 2 aromatic rings. The first-order chi connectivity index (χ1) is 11.1. The normalized spacial score (nSPS) is 14.7. The Morgan fingerprint density at radius 2 is 1.83 bits per heavy atom. The topological polar surface area (TPSA) is 58.6 Å². The molecule has 0 bridgehead atoms. The van der Waals surface area contributed by atoms with Crippen LogP contribution in [0.5, 0.6) is 11.6 Å². The molecule has 0 radical (unpaired) electrons. The van der Waals surface area contributed by atoms with E-state index < -0.39 is 0 Å². The van der Waals surface area contributed by atoms with E-state index in [1.807, 2.05) is 4.90 Å². The molecule has 1 aromatic heterocycles. The van der Waals surface area contributed by atoms with Crippen molar-refractivity contribution in [3.63, 3.8) is 0 Å². The monoisotopic (exact) mass is 316 g/mol. The Bertz CT molecular complexity index is 685. The fourth-order valence-electron chi connectivity index (χ4n) is 2.43. The molecular formula is C16H17FN4O2. The van der Waals surface area contributed by atoms with Crippen molar-refractivity contribution >= 4 is 11.7 Å². The van der Waals surface area contributed by atoms with Crippen LogP contribution < -0.4 is 9.64 Å². The molecule has 0 atom stereocenters. The van der Waals surface area contributed by atoms with Gasteiger partial charge in [0.25, 0.3) is 0 Å². The Morgan fingerprint density at radius 1 is 1.13 bits per heavy atom. The summed E-state index contributed by atoms with van der Waals surface area (Å²) >= 11 is 0. The highest BCUT2D eigenvalue weighted by Gasteiger charge is 2.20. The molecule has 120 valence electrons. The smallest absolute Gasteiger partial charge is 0.224 e. The molecule has 7 heteroatoms. The lowest BCUT2D eigenvalue weighted by Gasteiger charge is -2.34. The highest BCUT2D eigenvalue weighted by atomic mass is 19.1. The first-order valence-corrected chi connectivity index (χ1v) is 7.38. The van der Waals surface area contributed by atoms with E-state index in [0.29, 0.717) is 37.8 Å². The molecule has 1 aliphatic rings. The van der Waals surface area contributed by atoms with Gasteiger partial charge in [-0.3, -0.25) is 4.79 Å². The second-order valence-corrected chi connectivity index (χ2v) is 5.26. The molecule has 1 saturated heterocycles. The van der Waals surface area contributed by atoms with Gasteiger partial charge in [-0.15, -0.1) is 0 Å². The maximum atomic E-state index is 12.9. The average molecular weight is 316 g/mol. The van der Waals surface area contributed by atoms with Crippen LogP contribution in [0.25, 0.3) is 0 Å². The molecule has 0 aliphatic carbocycles. The maximum Gasteiger partial charge on any atom is 0.224 e. The van der Waals surface area contributed by atoms with E-state index in [2.05, 4.69) is 14.9 Å². The third-order valence-electron chi connectivity index (χ3n) is 3.71. The third kappa shape index (κ3) is 3.74. The number of aromatic nitrogens is 2. The second kappa shape index (κ2) is 6.60. The van der Waals surface area contributed by atoms with Crippen LogP contribution in [0, 0.1) is 5.82 Å². The molecule has 1 aromatic carbocycles. The van der Waals surface area contributed by atoms with Crippen LogP contribution in [0.3, 0.4) is 0 Å². The van der Waals surface area contributed by atoms with Gasteiger partial charge >= 0.3 is 0 Å². The summed E-state index contributed by atoms with van der Waals surface area (Å²) in [6.07, 6.45) is 1.44. The van der Waals surface area contributed by atoms with E-state index in [1.54, 1.807) is 25.1 Å². The number of benzene rings is 1. The lowest BCUT2D eigenvalue weighted by atomic mass is 10.3. The first kappa shape index (κ1) is 15.2. The van der Waals surface area contributed by atoms with Crippen LogP contribution in [0.2, 0.25) is 0 Å². The van der Waals surface area contributed by atoms with Crippen molar-refractivity contribution < 1.29 is 13.9 Å². The van der Waals surface area contributed by atoms with E-state index in [0.717, 1.165) is 5.82 Å². The zero-order chi connectivity index (χ0) is 16.2. The first-order valence-electron chi connectivity index (χ1n) is 7.38. The lowest BCUT2D eigenvalue weighted by Crippen LogP contribution is -2.48. The Hall–Kier alpha value is -2.70. The summed E-state index contributed by atoms with van der Waals surface area (Å²) in [6.45, 7) is 4.36. The number of nitrogens with zero attached hydrogens (tertiary/aromatic N) is 4. The quantitative estimate of drug-likeness (QED) is 0.868. The molecule has 1 amide bonds. The minimum absolute atomic E-state index is 0.0904. The predicted octanol–water partition coefficient (Wildman–Crippen LogP) is 2.08. The summed E-state index contributed by atoms with van der Waals surface area (Å²) < 4.78 is 18.5. The number of rotatable bonds is 3. The molecule has 0 unspecified atom stereocenters. The van der Waals surface area contributed by atoms with Gasteiger partial charge in [-0.1, -0.05) is 0 Å². The van der Waals surface area contributed by atoms with E-state index in [1.165, 1.54) is 18.5 Å². The van der Waals surface area contributed by atoms with Crippen LogP contribution in [0.1, 0.15) is 6.92 Å². The van der Waals surface area contributed by atoms with Crippen molar-refractivity contribution in [2.45, 2.75) is 6.92 Å². The third-order valence-corrected chi connectivity index (χ3v) is 3.71. The minimum Gasteiger partial charge on any atom is -0.439 e. The Balaban J connectivity index is 1.68. The van der Waals surface area contributed by atoms with Gasteiger partial charge in [0.1, 0.15) is 23.7 Å². The summed E-state index contributed by atoms with van der Waals surface area (Å²) in [5, 5.41) is 0. The Kier molecular flexibility index (Phi) is 4.36. The van der Waals surface area contributed by atoms with Gasteiger partial charge in [0.05, 0.1) is 0 Å². The number of hydrogen-bond donors (Lipinski definition) is 0. The van der Waals surface area contributed by atoms with Gasteiger partial charge < -0.3 is 14.5 Å². The van der Waals surface area contributed by atoms with Crippen molar-refractivity contribution in [3.05, 3.63) is 42.5 Å². The number of carbonyl (C=O) groups is 1. The van der Waals surface area contributed by atoms with Gasteiger partial charge in [0.2, 0.25) is 11.8 Å². The van der Waals surface area contributed by atoms with Crippen molar-refractivity contribution in [3.8, 4) is 11.6 Å². The fraction of sp³-hybridized carbons (Fsp3) is 0.312. The molecule has 0 N–H and O–H groups in total. The molecule has 2 heterocycles. The van der Waals surface area contributed by atoms with Crippen LogP contribution in [-0.4, -0.2) is 47.0 Å². The summed E-state index contributed by atoms with van der Waals surface area (Å²) in [6, 6.07) is 7.50. The zero-order valence-corrected chi connectivity index (χ0v) is 12.8. The standard InChI is InChI=1S/C16H17FN4O2/c1-12(22)20-6-8-21(9-7-20)15-10-16(19-11-18-15)23-14-4-2-13(17)3-5-14/h2-5,10-11H,6-9H2,1H3. The highest BCUT2D eigenvalue weighted by Crippen LogP contribution is 2.23. The molecular weight excluding hydrogens is 299 g/mol. The molecule has 6 nitrogen and oxygen atoms in total. The highest BCUT2D eigenvalue weighted by molar-refractivity contribution is 5.73. The van der Waals surface area contributed by atoms with Crippen LogP contribution in [-0.2, 0) is 4.79 Å². The molecule has 1 fully saturated rings. The van der Waals surface area contributed by atoms with Gasteiger partial charge in [0, 0.05) is 39.2 Å². The van der Waals surface area contributed by atoms with Gasteiger partial charge in [-0.05, 0) is 24.3 Å². The molecule has 0 saturated carbocycles. The fourth-order valence-corrected chi connectivity index (χ4v) is 2.43. The number of piperazine rings is 1. The molecule has 23 heavy (non-hydrogen) atoms. The summed E-state index contributed by atoms with van der Waals surface area (Å²) in [4.78, 5) is 23.6. The van der Waals surface area contributed by atoms with Crippen LogP contribution in [0.4, 0.5) is 10.2 Å². The number of ether oxygens (including phenoxy) is 1. The van der Waals surface area contributed by atoms with Crippen LogP contribution in [0.15, 0.2) is 36.7 Å². The Labute approximate surface area is 133 Å². The predicted molar refractivity (Wildman–Crippen MR) is 83.0 cm³/mol. The Morgan fingerprint density at radius 3 is 2.48 bits per heavy atom. The van der Waals surface area contributed by atoms with Crippen molar-refractivity contribution in [1.82, 2.24) is 14.9 Å². The van der Waals surface area contributed by atoms with E-state index >= 15 is 0 Å². The van der Waals surface area contributed by atoms with Gasteiger partial charge in [-0.25, -0.2) is 14.4 Å². The lowest BCUT2D eigenvalue weighted by molar-refractivity contribution is -0.129. The summed E-state index contributed by atoms with van der Waals surface area (Å²) in [5.41, 5.74) is 0. The van der Waals surface area contributed by atoms with Crippen molar-refractivity contribution in [2.75, 3.05) is 31.1 Å².